The first kappa shape index (κ1) is 44.0. The van der Waals surface area contributed by atoms with Gasteiger partial charge in [0.15, 0.2) is 0 Å². The molecule has 66 heavy (non-hydrogen) atoms. The molecule has 0 unspecified atom stereocenters. The van der Waals surface area contributed by atoms with Crippen LogP contribution in [0, 0.1) is 0 Å². The zero-order valence-electron chi connectivity index (χ0n) is 36.8. The van der Waals surface area contributed by atoms with Crippen molar-refractivity contribution in [1.82, 2.24) is 43.7 Å². The smallest absolute Gasteiger partial charge is 0.379 e. The number of ether oxygens (including phenoxy) is 2. The average Bonchev–Trinajstić information content (AvgIpc) is 3.96. The lowest BCUT2D eigenvalue weighted by Gasteiger charge is -2.41. The Labute approximate surface area is 378 Å². The van der Waals surface area contributed by atoms with Gasteiger partial charge in [-0.15, -0.1) is 10.2 Å². The van der Waals surface area contributed by atoms with Crippen molar-refractivity contribution in [2.24, 2.45) is 7.05 Å². The lowest BCUT2D eigenvalue weighted by atomic mass is 9.75. The Morgan fingerprint density at radius 1 is 0.909 bits per heavy atom. The number of rotatable bonds is 13. The van der Waals surface area contributed by atoms with Gasteiger partial charge in [-0.05, 0) is 78.8 Å². The number of fused-ring (bicyclic) bond motifs is 2. The summed E-state index contributed by atoms with van der Waals surface area (Å²) in [4.78, 5) is 59.5. The van der Waals surface area contributed by atoms with Crippen LogP contribution >= 0.6 is 0 Å². The summed E-state index contributed by atoms with van der Waals surface area (Å²) in [5.74, 6) is -0.0998. The number of piperidine rings is 2. The lowest BCUT2D eigenvalue weighted by Crippen LogP contribution is -2.52. The summed E-state index contributed by atoms with van der Waals surface area (Å²) >= 11 is 0. The van der Waals surface area contributed by atoms with Gasteiger partial charge < -0.3 is 23.8 Å². The number of hydrogen-bond donors (Lipinski definition) is 1. The van der Waals surface area contributed by atoms with E-state index in [-0.39, 0.29) is 36.4 Å². The van der Waals surface area contributed by atoms with E-state index in [0.717, 1.165) is 79.0 Å². The van der Waals surface area contributed by atoms with E-state index >= 15 is 0 Å². The third kappa shape index (κ3) is 8.64. The molecular weight excluding hydrogens is 858 g/mol. The number of carbonyl (C=O) groups is 3. The van der Waals surface area contributed by atoms with Crippen molar-refractivity contribution in [3.05, 3.63) is 111 Å². The zero-order chi connectivity index (χ0) is 45.7. The van der Waals surface area contributed by atoms with Crippen LogP contribution in [0.2, 0.25) is 0 Å². The maximum Gasteiger partial charge on any atom is 0.418 e. The first-order valence-corrected chi connectivity index (χ1v) is 22.8. The Bertz CT molecular complexity index is 2710. The second-order valence-corrected chi connectivity index (χ2v) is 18.4. The molecule has 4 saturated heterocycles. The van der Waals surface area contributed by atoms with Crippen molar-refractivity contribution in [3.63, 3.8) is 0 Å². The van der Waals surface area contributed by atoms with Crippen LogP contribution in [-0.2, 0) is 57.2 Å². The van der Waals surface area contributed by atoms with E-state index in [1.54, 1.807) is 17.3 Å². The number of nitrogens with zero attached hydrogens (tertiary/aromatic N) is 9. The van der Waals surface area contributed by atoms with Crippen molar-refractivity contribution in [3.8, 4) is 5.69 Å². The molecule has 1 N–H and O–H groups in total. The number of halogens is 3. The molecule has 2 aromatic carbocycles. The number of anilines is 1. The summed E-state index contributed by atoms with van der Waals surface area (Å²) in [6.07, 6.45) is 3.40. The number of benzene rings is 2. The molecule has 19 heteroatoms. The Hall–Kier alpha value is -5.89. The molecule has 4 fully saturated rings. The molecule has 0 saturated carbocycles. The first-order valence-electron chi connectivity index (χ1n) is 22.8. The van der Waals surface area contributed by atoms with Crippen molar-refractivity contribution in [1.29, 1.82) is 0 Å². The van der Waals surface area contributed by atoms with Gasteiger partial charge in [0.1, 0.15) is 18.2 Å². The van der Waals surface area contributed by atoms with Gasteiger partial charge in [0, 0.05) is 114 Å². The number of pyridine rings is 1. The molecule has 5 aliphatic heterocycles. The van der Waals surface area contributed by atoms with E-state index in [0.29, 0.717) is 69.1 Å². The summed E-state index contributed by atoms with van der Waals surface area (Å²) in [5, 5.41) is 10.6. The highest BCUT2D eigenvalue weighted by Crippen LogP contribution is 2.38. The van der Waals surface area contributed by atoms with Crippen LogP contribution in [0.4, 0.5) is 18.9 Å². The molecule has 8 heterocycles. The van der Waals surface area contributed by atoms with Crippen LogP contribution in [0.25, 0.3) is 11.2 Å². The number of imidazole rings is 1. The summed E-state index contributed by atoms with van der Waals surface area (Å²) < 4.78 is 60.1. The van der Waals surface area contributed by atoms with E-state index in [1.807, 2.05) is 41.9 Å². The predicted molar refractivity (Wildman–Crippen MR) is 235 cm³/mol. The number of aromatic nitrogens is 5. The summed E-state index contributed by atoms with van der Waals surface area (Å²) in [7, 11) is 1.87. The molecule has 5 aromatic rings. The van der Waals surface area contributed by atoms with Crippen LogP contribution in [0.5, 0.6) is 0 Å². The van der Waals surface area contributed by atoms with Gasteiger partial charge in [-0.3, -0.25) is 38.5 Å². The van der Waals surface area contributed by atoms with E-state index < -0.39 is 34.8 Å². The molecule has 10 rings (SSSR count). The molecule has 0 aliphatic carbocycles. The molecule has 1 atom stereocenters. The Morgan fingerprint density at radius 3 is 2.42 bits per heavy atom. The highest BCUT2D eigenvalue weighted by atomic mass is 19.4. The fraction of sp³-hybridized carbons (Fsp3) is 0.489. The molecule has 3 aromatic heterocycles. The van der Waals surface area contributed by atoms with Crippen molar-refractivity contribution >= 4 is 28.9 Å². The summed E-state index contributed by atoms with van der Waals surface area (Å²) in [6.45, 7) is 7.87. The minimum atomic E-state index is -4.67. The number of alkyl halides is 3. The number of amides is 3. The topological polar surface area (TPSA) is 152 Å². The summed E-state index contributed by atoms with van der Waals surface area (Å²) in [5.41, 5.74) is 2.34. The van der Waals surface area contributed by atoms with Crippen LogP contribution in [0.15, 0.2) is 72.0 Å². The molecule has 16 nitrogen and oxygen atoms in total. The van der Waals surface area contributed by atoms with Crippen LogP contribution in [0.3, 0.4) is 0 Å². The fourth-order valence-electron chi connectivity index (χ4n) is 10.2. The van der Waals surface area contributed by atoms with Gasteiger partial charge in [-0.2, -0.15) is 13.2 Å². The molecule has 0 spiro atoms. The van der Waals surface area contributed by atoms with Gasteiger partial charge >= 0.3 is 11.9 Å². The molecule has 0 bridgehead atoms. The molecule has 0 radical (unpaired) electrons. The maximum atomic E-state index is 14.6. The number of likely N-dealkylation sites (tertiary alicyclic amines) is 1. The first-order chi connectivity index (χ1) is 31.8. The highest BCUT2D eigenvalue weighted by Gasteiger charge is 2.43. The van der Waals surface area contributed by atoms with Crippen molar-refractivity contribution in [2.75, 3.05) is 70.5 Å². The number of piperazine rings is 1. The van der Waals surface area contributed by atoms with E-state index in [4.69, 9.17) is 9.47 Å². The summed E-state index contributed by atoms with van der Waals surface area (Å²) in [6, 6.07) is 13.8. The number of imide groups is 1. The van der Waals surface area contributed by atoms with Crippen LogP contribution < -0.4 is 15.9 Å². The van der Waals surface area contributed by atoms with E-state index in [9.17, 15) is 32.3 Å². The molecule has 348 valence electrons. The second-order valence-electron chi connectivity index (χ2n) is 18.4. The monoisotopic (exact) mass is 910 g/mol. The Kier molecular flexibility index (Phi) is 11.8. The third-order valence-electron chi connectivity index (χ3n) is 14.1. The number of hydrogen-bond acceptors (Lipinski definition) is 11. The number of aryl methyl sites for hydroxylation is 1. The Balaban J connectivity index is 0.700. The lowest BCUT2D eigenvalue weighted by molar-refractivity contribution is -0.137. The fourth-order valence-corrected chi connectivity index (χ4v) is 10.2. The average molecular weight is 911 g/mol. The quantitative estimate of drug-likeness (QED) is 0.136. The normalized spacial score (nSPS) is 20.8. The van der Waals surface area contributed by atoms with E-state index in [1.165, 1.54) is 23.0 Å². The molecule has 5 aliphatic rings. The van der Waals surface area contributed by atoms with Gasteiger partial charge in [0.25, 0.3) is 5.91 Å². The molecular formula is C47H53F3N10O6. The minimum Gasteiger partial charge on any atom is -0.379 e. The van der Waals surface area contributed by atoms with E-state index in [2.05, 4.69) is 36.3 Å². The zero-order valence-corrected chi connectivity index (χ0v) is 36.8. The molecule has 3 amide bonds. The van der Waals surface area contributed by atoms with Gasteiger partial charge in [0.2, 0.25) is 11.8 Å². The number of carbonyl (C=O) groups excluding carboxylic acids is 3. The third-order valence-corrected chi connectivity index (χ3v) is 14.1. The van der Waals surface area contributed by atoms with Crippen molar-refractivity contribution in [2.45, 2.75) is 75.4 Å². The van der Waals surface area contributed by atoms with Gasteiger partial charge in [0.05, 0.1) is 36.1 Å². The van der Waals surface area contributed by atoms with Gasteiger partial charge in [-0.25, -0.2) is 4.79 Å². The SMILES string of the molecule is Cn1cnnc1CC1(c2cccc(-n3cc4c(C(F)(F)F)cc(CN5CCC(OCCCN6CCN(c7ccc8c(c7)CN([C@H]7CCC(=O)NC7=O)C8=O)CC6)CC5)cn4c3=O)c2)COC1. The van der Waals surface area contributed by atoms with Crippen molar-refractivity contribution < 1.29 is 37.0 Å². The largest absolute Gasteiger partial charge is 0.418 e. The standard InChI is InChI=1S/C47H53F3N10O6/c1-54-30-51-53-41(54)23-46(28-65-29-46)33-4-2-5-35(22-33)58-27-40-38(47(48,49)50)20-31(25-60(40)45(58)64)24-56-13-10-36(11-14-56)66-19-3-12-55-15-17-57(18-16-55)34-6-7-37-32(21-34)26-59(44(37)63)39-8-9-42(61)52-43(39)62/h2,4-7,20-22,25,27,30,36,39H,3,8-19,23-24,26,28-29H2,1H3,(H,52,61,62)/t39-/m0/s1. The predicted octanol–water partition coefficient (Wildman–Crippen LogP) is 3.70. The maximum absolute atomic E-state index is 14.6. The number of nitrogens with one attached hydrogen (secondary N) is 1. The highest BCUT2D eigenvalue weighted by molar-refractivity contribution is 6.05. The van der Waals surface area contributed by atoms with Crippen LogP contribution in [0.1, 0.15) is 70.5 Å². The minimum absolute atomic E-state index is 0.0716. The Morgan fingerprint density at radius 2 is 1.71 bits per heavy atom. The van der Waals surface area contributed by atoms with Gasteiger partial charge in [-0.1, -0.05) is 12.1 Å². The van der Waals surface area contributed by atoms with Crippen LogP contribution in [-0.4, -0.2) is 134 Å². The second kappa shape index (κ2) is 17.7.